The summed E-state index contributed by atoms with van der Waals surface area (Å²) in [6.45, 7) is -1.35. The number of ether oxygens (including phenoxy) is 1. The molecule has 1 aromatic heterocycles. The quantitative estimate of drug-likeness (QED) is 0.138. The van der Waals surface area contributed by atoms with Crippen molar-refractivity contribution in [3.05, 3.63) is 70.0 Å². The number of pyridine rings is 1. The predicted octanol–water partition coefficient (Wildman–Crippen LogP) is 2.92. The summed E-state index contributed by atoms with van der Waals surface area (Å²) in [5, 5.41) is 35.2. The van der Waals surface area contributed by atoms with Crippen LogP contribution in [0.3, 0.4) is 0 Å². The van der Waals surface area contributed by atoms with Crippen molar-refractivity contribution in [3.63, 3.8) is 0 Å². The average molecular weight is 632 g/mol. The van der Waals surface area contributed by atoms with Crippen LogP contribution in [0.25, 0.3) is 0 Å². The Morgan fingerprint density at radius 2 is 1.69 bits per heavy atom. The van der Waals surface area contributed by atoms with Crippen LogP contribution in [-0.2, 0) is 37.6 Å². The van der Waals surface area contributed by atoms with E-state index in [0.29, 0.717) is 4.57 Å². The Kier molecular flexibility index (Phi) is 9.70. The van der Waals surface area contributed by atoms with Crippen molar-refractivity contribution < 1.29 is 49.5 Å². The summed E-state index contributed by atoms with van der Waals surface area (Å²) >= 11 is 0. The lowest BCUT2D eigenvalue weighted by Gasteiger charge is -2.16. The minimum atomic E-state index is -5.31. The maximum atomic E-state index is 13.8. The normalized spacial score (nSPS) is 12.4. The highest BCUT2D eigenvalue weighted by atomic mass is 32.2. The second-order valence-corrected chi connectivity index (χ2v) is 11.2. The first kappa shape index (κ1) is 32.2. The van der Waals surface area contributed by atoms with E-state index in [9.17, 15) is 45.2 Å². The van der Waals surface area contributed by atoms with E-state index in [2.05, 4.69) is 15.0 Å². The van der Waals surface area contributed by atoms with Gasteiger partial charge in [0.25, 0.3) is 25.7 Å². The number of anilines is 1. The maximum Gasteiger partial charge on any atom is 0.420 e. The maximum absolute atomic E-state index is 13.8. The Bertz CT molecular complexity index is 1820. The summed E-state index contributed by atoms with van der Waals surface area (Å²) < 4.78 is 106. The molecule has 0 saturated heterocycles. The van der Waals surface area contributed by atoms with Crippen molar-refractivity contribution in [1.82, 2.24) is 4.57 Å². The van der Waals surface area contributed by atoms with E-state index in [1.807, 2.05) is 0 Å². The first-order valence-electron chi connectivity index (χ1n) is 11.4. The van der Waals surface area contributed by atoms with Gasteiger partial charge in [0.05, 0.1) is 47.5 Å². The van der Waals surface area contributed by atoms with Gasteiger partial charge in [-0.3, -0.25) is 18.6 Å². The minimum Gasteiger partial charge on any atom is -0.493 e. The summed E-state index contributed by atoms with van der Waals surface area (Å²) in [6.07, 6.45) is -5.31. The lowest BCUT2D eigenvalue weighted by molar-refractivity contribution is -0.137. The van der Waals surface area contributed by atoms with Crippen LogP contribution in [0.1, 0.15) is 11.1 Å². The number of sulfonamides is 1. The van der Waals surface area contributed by atoms with Crippen LogP contribution in [0, 0.1) is 11.3 Å². The molecule has 224 valence electrons. The Morgan fingerprint density at radius 3 is 2.26 bits per heavy atom. The molecule has 0 aliphatic rings. The fraction of sp³-hybridized carbons (Fsp3) is 0.217. The highest BCUT2D eigenvalue weighted by Gasteiger charge is 2.41. The average Bonchev–Trinajstić information content (AvgIpc) is 2.91. The second-order valence-electron chi connectivity index (χ2n) is 8.13. The Balaban J connectivity index is 1.97. The molecule has 0 radical (unpaired) electrons. The SMILES string of the molecule is N#Cc1c(C(F)(F)F)c(N=Nc2ccc(S(=O)(=O)Nc3cccc(S(=O)(=O)O)c3)cc2)c(=O)n(CCOCCO)c1O. The van der Waals surface area contributed by atoms with E-state index < -0.39 is 66.0 Å². The number of aromatic hydroxyl groups is 1. The van der Waals surface area contributed by atoms with Crippen molar-refractivity contribution in [2.45, 2.75) is 22.5 Å². The Labute approximate surface area is 235 Å². The minimum absolute atomic E-state index is 0.161. The smallest absolute Gasteiger partial charge is 0.420 e. The van der Waals surface area contributed by atoms with Crippen LogP contribution in [0.4, 0.5) is 30.2 Å². The van der Waals surface area contributed by atoms with Gasteiger partial charge in [-0.05, 0) is 42.5 Å². The number of nitrogens with one attached hydrogen (secondary N) is 1. The van der Waals surface area contributed by atoms with E-state index in [4.69, 9.17) is 14.4 Å². The van der Waals surface area contributed by atoms with Gasteiger partial charge in [0.1, 0.15) is 17.2 Å². The molecule has 14 nitrogen and oxygen atoms in total. The van der Waals surface area contributed by atoms with E-state index >= 15 is 0 Å². The molecule has 4 N–H and O–H groups in total. The number of benzene rings is 2. The van der Waals surface area contributed by atoms with Gasteiger partial charge in [-0.25, -0.2) is 8.42 Å². The first-order valence-corrected chi connectivity index (χ1v) is 14.3. The van der Waals surface area contributed by atoms with Crippen molar-refractivity contribution in [3.8, 4) is 11.9 Å². The molecule has 0 unspecified atom stereocenters. The molecule has 2 aromatic carbocycles. The topological polar surface area (TPSA) is 221 Å². The van der Waals surface area contributed by atoms with Gasteiger partial charge in [-0.15, -0.1) is 5.11 Å². The molecule has 0 amide bonds. The van der Waals surface area contributed by atoms with Crippen LogP contribution < -0.4 is 10.3 Å². The number of aliphatic hydroxyl groups excluding tert-OH is 1. The summed E-state index contributed by atoms with van der Waals surface area (Å²) in [6, 6.07) is 9.54. The van der Waals surface area contributed by atoms with Gasteiger partial charge in [-0.2, -0.15) is 32.0 Å². The van der Waals surface area contributed by atoms with E-state index in [0.717, 1.165) is 36.4 Å². The zero-order valence-electron chi connectivity index (χ0n) is 21.0. The summed E-state index contributed by atoms with van der Waals surface area (Å²) in [4.78, 5) is 11.9. The number of nitriles is 1. The molecular weight excluding hydrogens is 611 g/mol. The summed E-state index contributed by atoms with van der Waals surface area (Å²) in [5.74, 6) is -1.27. The molecule has 42 heavy (non-hydrogen) atoms. The molecule has 0 fully saturated rings. The molecule has 0 atom stereocenters. The van der Waals surface area contributed by atoms with Gasteiger partial charge in [0.15, 0.2) is 5.69 Å². The molecule has 1 heterocycles. The van der Waals surface area contributed by atoms with Crippen molar-refractivity contribution in [2.75, 3.05) is 24.5 Å². The summed E-state index contributed by atoms with van der Waals surface area (Å²) in [7, 11) is -8.93. The van der Waals surface area contributed by atoms with Crippen molar-refractivity contribution >= 4 is 37.2 Å². The number of aromatic nitrogens is 1. The number of hydrogen-bond donors (Lipinski definition) is 4. The second kappa shape index (κ2) is 12.7. The predicted molar refractivity (Wildman–Crippen MR) is 138 cm³/mol. The first-order chi connectivity index (χ1) is 19.6. The van der Waals surface area contributed by atoms with Crippen LogP contribution >= 0.6 is 0 Å². The van der Waals surface area contributed by atoms with Crippen molar-refractivity contribution in [1.29, 1.82) is 5.26 Å². The van der Waals surface area contributed by atoms with Crippen LogP contribution in [0.5, 0.6) is 5.88 Å². The number of alkyl halides is 3. The zero-order valence-corrected chi connectivity index (χ0v) is 22.6. The van der Waals surface area contributed by atoms with Gasteiger partial charge < -0.3 is 14.9 Å². The molecule has 0 saturated carbocycles. The number of hydrogen-bond acceptors (Lipinski definition) is 11. The van der Waals surface area contributed by atoms with Gasteiger partial charge in [-0.1, -0.05) is 6.07 Å². The van der Waals surface area contributed by atoms with Crippen LogP contribution in [-0.4, -0.2) is 56.0 Å². The third-order valence-electron chi connectivity index (χ3n) is 5.30. The molecule has 0 aliphatic heterocycles. The highest BCUT2D eigenvalue weighted by molar-refractivity contribution is 7.92. The fourth-order valence-electron chi connectivity index (χ4n) is 3.43. The molecule has 19 heteroatoms. The Morgan fingerprint density at radius 1 is 1.02 bits per heavy atom. The number of nitrogens with zero attached hydrogens (tertiary/aromatic N) is 4. The molecule has 0 spiro atoms. The molecule has 3 rings (SSSR count). The molecule has 3 aromatic rings. The molecule has 0 bridgehead atoms. The van der Waals surface area contributed by atoms with E-state index in [1.54, 1.807) is 0 Å². The third kappa shape index (κ3) is 7.48. The van der Waals surface area contributed by atoms with Crippen molar-refractivity contribution in [2.24, 2.45) is 10.2 Å². The van der Waals surface area contributed by atoms with E-state index in [-0.39, 0.29) is 36.1 Å². The largest absolute Gasteiger partial charge is 0.493 e. The lowest BCUT2D eigenvalue weighted by atomic mass is 10.1. The summed E-state index contributed by atoms with van der Waals surface area (Å²) in [5.41, 5.74) is -6.31. The van der Waals surface area contributed by atoms with Gasteiger partial charge in [0.2, 0.25) is 5.88 Å². The van der Waals surface area contributed by atoms with Crippen LogP contribution in [0.15, 0.2) is 73.3 Å². The number of halogens is 3. The Hall–Kier alpha value is -4.35. The monoisotopic (exact) mass is 631 g/mol. The third-order valence-corrected chi connectivity index (χ3v) is 7.55. The van der Waals surface area contributed by atoms with Gasteiger partial charge in [0, 0.05) is 0 Å². The fourth-order valence-corrected chi connectivity index (χ4v) is 5.01. The van der Waals surface area contributed by atoms with Gasteiger partial charge >= 0.3 is 6.18 Å². The highest BCUT2D eigenvalue weighted by Crippen LogP contribution is 2.40. The number of rotatable bonds is 11. The zero-order chi connectivity index (χ0) is 31.3. The number of aliphatic hydroxyl groups is 1. The lowest BCUT2D eigenvalue weighted by Crippen LogP contribution is -2.27. The van der Waals surface area contributed by atoms with Crippen LogP contribution in [0.2, 0.25) is 0 Å². The standard InChI is InChI=1S/C23H20F3N5O9S2/c24-23(25,26)19-18(13-27)21(33)31(8-10-40-11-9-32)22(34)20(19)29-28-14-4-6-16(7-5-14)41(35,36)30-15-2-1-3-17(12-15)42(37,38)39/h1-7,12,30,32-33H,8-11H2,(H,37,38,39). The number of azo groups is 1. The molecule has 0 aliphatic carbocycles. The molecular formula is C23H20F3N5O9S2. The van der Waals surface area contributed by atoms with E-state index in [1.165, 1.54) is 18.2 Å².